The molecule has 1 aliphatic heterocycles. The molecule has 0 atom stereocenters. The maximum Gasteiger partial charge on any atom is 0.279 e. The number of rotatable bonds is 8. The van der Waals surface area contributed by atoms with Gasteiger partial charge in [0.25, 0.3) is 10.2 Å². The van der Waals surface area contributed by atoms with Crippen LogP contribution in [-0.2, 0) is 10.2 Å². The predicted molar refractivity (Wildman–Crippen MR) is 78.3 cm³/mol. The summed E-state index contributed by atoms with van der Waals surface area (Å²) < 4.78 is 28.2. The Bertz CT molecular complexity index is 340. The van der Waals surface area contributed by atoms with Crippen molar-refractivity contribution < 1.29 is 8.42 Å². The molecule has 0 amide bonds. The van der Waals surface area contributed by atoms with E-state index in [2.05, 4.69) is 22.0 Å². The monoisotopic (exact) mass is 292 g/mol. The summed E-state index contributed by atoms with van der Waals surface area (Å²) in [7, 11) is 2.29. The minimum Gasteiger partial charge on any atom is -0.320 e. The predicted octanol–water partition coefficient (Wildman–Crippen LogP) is -0.296. The quantitative estimate of drug-likeness (QED) is 0.603. The SMILES string of the molecule is CNCCCN(C)S(=O)(=O)NCC1CCN(C)CC1. The van der Waals surface area contributed by atoms with Crippen LogP contribution in [0, 0.1) is 5.92 Å². The van der Waals surface area contributed by atoms with E-state index in [1.807, 2.05) is 7.05 Å². The van der Waals surface area contributed by atoms with E-state index in [-0.39, 0.29) is 0 Å². The molecule has 0 aromatic rings. The number of hydrogen-bond donors (Lipinski definition) is 2. The fraction of sp³-hybridized carbons (Fsp3) is 1.00. The summed E-state index contributed by atoms with van der Waals surface area (Å²) in [5.41, 5.74) is 0. The molecule has 1 fully saturated rings. The van der Waals surface area contributed by atoms with Gasteiger partial charge >= 0.3 is 0 Å². The Labute approximate surface area is 117 Å². The van der Waals surface area contributed by atoms with Gasteiger partial charge in [-0.3, -0.25) is 0 Å². The standard InChI is InChI=1S/C12H28N4O2S/c1-13-7-4-8-16(3)19(17,18)14-11-12-5-9-15(2)10-6-12/h12-14H,4-11H2,1-3H3. The molecule has 0 aliphatic carbocycles. The summed E-state index contributed by atoms with van der Waals surface area (Å²) in [6, 6.07) is 0. The lowest BCUT2D eigenvalue weighted by Gasteiger charge is -2.29. The molecule has 1 saturated heterocycles. The molecule has 1 rings (SSSR count). The molecule has 1 heterocycles. The Balaban J connectivity index is 2.29. The van der Waals surface area contributed by atoms with Crippen molar-refractivity contribution in [2.45, 2.75) is 19.3 Å². The summed E-state index contributed by atoms with van der Waals surface area (Å²) in [6.45, 7) is 4.06. The first kappa shape index (κ1) is 16.8. The molecule has 0 bridgehead atoms. The van der Waals surface area contributed by atoms with Crippen LogP contribution in [0.3, 0.4) is 0 Å². The van der Waals surface area contributed by atoms with Gasteiger partial charge in [0.2, 0.25) is 0 Å². The normalized spacial score (nSPS) is 19.2. The lowest BCUT2D eigenvalue weighted by Crippen LogP contribution is -2.43. The highest BCUT2D eigenvalue weighted by Gasteiger charge is 2.21. The van der Waals surface area contributed by atoms with Gasteiger partial charge in [0.1, 0.15) is 0 Å². The molecular formula is C12H28N4O2S. The topological polar surface area (TPSA) is 64.7 Å². The Kier molecular flexibility index (Phi) is 7.23. The van der Waals surface area contributed by atoms with Gasteiger partial charge in [-0.05, 0) is 58.9 Å². The minimum atomic E-state index is -3.31. The molecule has 0 aromatic carbocycles. The van der Waals surface area contributed by atoms with Crippen LogP contribution in [0.4, 0.5) is 0 Å². The third-order valence-electron chi connectivity index (χ3n) is 3.70. The van der Waals surface area contributed by atoms with Crippen LogP contribution >= 0.6 is 0 Å². The van der Waals surface area contributed by atoms with Gasteiger partial charge in [0.05, 0.1) is 0 Å². The molecule has 2 N–H and O–H groups in total. The third-order valence-corrected chi connectivity index (χ3v) is 5.24. The van der Waals surface area contributed by atoms with Crippen LogP contribution in [0.5, 0.6) is 0 Å². The van der Waals surface area contributed by atoms with Gasteiger partial charge in [-0.1, -0.05) is 0 Å². The average molecular weight is 292 g/mol. The molecule has 1 aliphatic rings. The molecule has 114 valence electrons. The minimum absolute atomic E-state index is 0.469. The van der Waals surface area contributed by atoms with Gasteiger partial charge in [-0.25, -0.2) is 4.72 Å². The van der Waals surface area contributed by atoms with Crippen molar-refractivity contribution in [3.05, 3.63) is 0 Å². The summed E-state index contributed by atoms with van der Waals surface area (Å²) in [4.78, 5) is 2.29. The Morgan fingerprint density at radius 1 is 1.32 bits per heavy atom. The zero-order valence-corrected chi connectivity index (χ0v) is 13.2. The summed E-state index contributed by atoms with van der Waals surface area (Å²) in [5.74, 6) is 0.469. The molecule has 0 spiro atoms. The van der Waals surface area contributed by atoms with Gasteiger partial charge in [0, 0.05) is 20.1 Å². The van der Waals surface area contributed by atoms with E-state index in [1.54, 1.807) is 7.05 Å². The first-order valence-corrected chi connectivity index (χ1v) is 8.44. The zero-order chi connectivity index (χ0) is 14.3. The number of likely N-dealkylation sites (tertiary alicyclic amines) is 1. The second kappa shape index (κ2) is 8.16. The van der Waals surface area contributed by atoms with Crippen molar-refractivity contribution in [1.29, 1.82) is 0 Å². The second-order valence-electron chi connectivity index (χ2n) is 5.38. The van der Waals surface area contributed by atoms with E-state index in [4.69, 9.17) is 0 Å². The van der Waals surface area contributed by atoms with E-state index >= 15 is 0 Å². The fourth-order valence-corrected chi connectivity index (χ4v) is 3.23. The summed E-state index contributed by atoms with van der Waals surface area (Å²) >= 11 is 0. The highest BCUT2D eigenvalue weighted by molar-refractivity contribution is 7.87. The van der Waals surface area contributed by atoms with Crippen molar-refractivity contribution in [3.63, 3.8) is 0 Å². The number of piperidine rings is 1. The van der Waals surface area contributed by atoms with Crippen LogP contribution in [0.1, 0.15) is 19.3 Å². The molecule has 0 saturated carbocycles. The van der Waals surface area contributed by atoms with E-state index in [9.17, 15) is 8.42 Å². The highest BCUT2D eigenvalue weighted by Crippen LogP contribution is 2.15. The van der Waals surface area contributed by atoms with Crippen molar-refractivity contribution in [2.75, 3.05) is 53.9 Å². The second-order valence-corrected chi connectivity index (χ2v) is 7.24. The van der Waals surface area contributed by atoms with Crippen molar-refractivity contribution in [3.8, 4) is 0 Å². The molecule has 0 radical (unpaired) electrons. The summed E-state index contributed by atoms with van der Waals surface area (Å²) in [5, 5.41) is 3.02. The van der Waals surface area contributed by atoms with Crippen molar-refractivity contribution >= 4 is 10.2 Å². The molecule has 7 heteroatoms. The van der Waals surface area contributed by atoms with Crippen LogP contribution in [0.15, 0.2) is 0 Å². The highest BCUT2D eigenvalue weighted by atomic mass is 32.2. The van der Waals surface area contributed by atoms with Crippen LogP contribution in [0.2, 0.25) is 0 Å². The van der Waals surface area contributed by atoms with E-state index in [0.29, 0.717) is 19.0 Å². The number of nitrogens with zero attached hydrogens (tertiary/aromatic N) is 2. The fourth-order valence-electron chi connectivity index (χ4n) is 2.20. The van der Waals surface area contributed by atoms with Gasteiger partial charge in [-0.2, -0.15) is 12.7 Å². The van der Waals surface area contributed by atoms with Gasteiger partial charge in [-0.15, -0.1) is 0 Å². The van der Waals surface area contributed by atoms with Crippen LogP contribution < -0.4 is 10.0 Å². The number of hydrogen-bond acceptors (Lipinski definition) is 4. The first-order chi connectivity index (χ1) is 8.95. The Morgan fingerprint density at radius 3 is 2.53 bits per heavy atom. The average Bonchev–Trinajstić information content (AvgIpc) is 2.38. The molecular weight excluding hydrogens is 264 g/mol. The third kappa shape index (κ3) is 6.18. The van der Waals surface area contributed by atoms with Crippen molar-refractivity contribution in [2.24, 2.45) is 5.92 Å². The van der Waals surface area contributed by atoms with E-state index in [0.717, 1.165) is 38.9 Å². The molecule has 19 heavy (non-hydrogen) atoms. The smallest absolute Gasteiger partial charge is 0.279 e. The molecule has 0 aromatic heterocycles. The van der Waals surface area contributed by atoms with E-state index < -0.39 is 10.2 Å². The van der Waals surface area contributed by atoms with E-state index in [1.165, 1.54) is 4.31 Å². The first-order valence-electron chi connectivity index (χ1n) is 6.99. The zero-order valence-electron chi connectivity index (χ0n) is 12.4. The lowest BCUT2D eigenvalue weighted by atomic mass is 9.98. The maximum absolute atomic E-state index is 12.0. The largest absolute Gasteiger partial charge is 0.320 e. The molecule has 0 unspecified atom stereocenters. The lowest BCUT2D eigenvalue weighted by molar-refractivity contribution is 0.220. The van der Waals surface area contributed by atoms with Crippen LogP contribution in [0.25, 0.3) is 0 Å². The molecule has 6 nitrogen and oxygen atoms in total. The summed E-state index contributed by atoms with van der Waals surface area (Å²) in [6.07, 6.45) is 2.97. The number of nitrogens with one attached hydrogen (secondary N) is 2. The Hall–Kier alpha value is -0.210. The van der Waals surface area contributed by atoms with Crippen LogP contribution in [-0.4, -0.2) is 71.5 Å². The maximum atomic E-state index is 12.0. The Morgan fingerprint density at radius 2 is 1.95 bits per heavy atom. The van der Waals surface area contributed by atoms with Gasteiger partial charge < -0.3 is 10.2 Å². The van der Waals surface area contributed by atoms with Gasteiger partial charge in [0.15, 0.2) is 0 Å². The van der Waals surface area contributed by atoms with Crippen molar-refractivity contribution in [1.82, 2.24) is 19.2 Å².